The second-order valence-electron chi connectivity index (χ2n) is 10.0. The van der Waals surface area contributed by atoms with Crippen molar-refractivity contribution in [2.24, 2.45) is 0 Å². The summed E-state index contributed by atoms with van der Waals surface area (Å²) in [6.07, 6.45) is 11.8. The summed E-state index contributed by atoms with van der Waals surface area (Å²) in [6.45, 7) is 4.23. The van der Waals surface area contributed by atoms with Crippen molar-refractivity contribution in [3.8, 4) is 22.6 Å². The van der Waals surface area contributed by atoms with Gasteiger partial charge in [-0.3, -0.25) is 0 Å². The Kier molecular flexibility index (Phi) is 9.66. The molecule has 230 valence electrons. The summed E-state index contributed by atoms with van der Waals surface area (Å²) in [5.74, 6) is 3.05. The number of fused-ring (bicyclic) bond motifs is 1. The summed E-state index contributed by atoms with van der Waals surface area (Å²) in [4.78, 5) is 21.1. The Bertz CT molecular complexity index is 2020. The van der Waals surface area contributed by atoms with E-state index >= 15 is 0 Å². The molecule has 0 atom stereocenters. The summed E-state index contributed by atoms with van der Waals surface area (Å²) >= 11 is 6.91. The fraction of sp³-hybridized carbons (Fsp3) is 0.118. The molecule has 0 bridgehead atoms. The van der Waals surface area contributed by atoms with E-state index in [1.54, 1.807) is 29.9 Å². The van der Waals surface area contributed by atoms with Crippen LogP contribution in [-0.2, 0) is 12.8 Å². The molecule has 0 unspecified atom stereocenters. The predicted molar refractivity (Wildman–Crippen MR) is 187 cm³/mol. The van der Waals surface area contributed by atoms with Crippen LogP contribution in [0.2, 0.25) is 0 Å². The zero-order chi connectivity index (χ0) is 31.7. The van der Waals surface area contributed by atoms with Gasteiger partial charge in [0.15, 0.2) is 34.6 Å². The summed E-state index contributed by atoms with van der Waals surface area (Å²) in [5.41, 5.74) is 6.25. The molecule has 0 fully saturated rings. The fourth-order valence-electron chi connectivity index (χ4n) is 4.48. The molecule has 0 saturated carbocycles. The zero-order valence-corrected chi connectivity index (χ0v) is 26.7. The number of hydrogen-bond acceptors (Lipinski definition) is 10. The van der Waals surface area contributed by atoms with Crippen LogP contribution in [-0.4, -0.2) is 30.0 Å². The van der Waals surface area contributed by atoms with Crippen LogP contribution in [0, 0.1) is 0 Å². The van der Waals surface area contributed by atoms with E-state index in [1.165, 1.54) is 23.9 Å². The second-order valence-corrected chi connectivity index (χ2v) is 11.5. The van der Waals surface area contributed by atoms with Gasteiger partial charge < -0.3 is 24.8 Å². The summed E-state index contributed by atoms with van der Waals surface area (Å²) in [6, 6.07) is 21.8. The van der Waals surface area contributed by atoms with E-state index in [4.69, 9.17) is 21.1 Å². The van der Waals surface area contributed by atoms with Crippen LogP contribution >= 0.6 is 23.6 Å². The van der Waals surface area contributed by atoms with Gasteiger partial charge in [0, 0.05) is 29.2 Å². The quantitative estimate of drug-likeness (QED) is 0.137. The minimum atomic E-state index is 0.498. The van der Waals surface area contributed by atoms with E-state index in [-0.39, 0.29) is 0 Å². The first-order valence-electron chi connectivity index (χ1n) is 14.6. The third kappa shape index (κ3) is 7.78. The van der Waals surface area contributed by atoms with Crippen molar-refractivity contribution in [3.05, 3.63) is 115 Å². The lowest BCUT2D eigenvalue weighted by Gasteiger charge is -2.10. The smallest absolute Gasteiger partial charge is 0.189 e. The molecule has 7 aromatic rings. The number of thiazole rings is 1. The molecule has 5 heterocycles. The van der Waals surface area contributed by atoms with Gasteiger partial charge in [0.2, 0.25) is 0 Å². The Balaban J connectivity index is 0.000000162. The van der Waals surface area contributed by atoms with Gasteiger partial charge in [-0.2, -0.15) is 0 Å². The number of benzene rings is 2. The number of aryl methyl sites for hydroxylation is 2. The van der Waals surface area contributed by atoms with Crippen LogP contribution in [0.5, 0.6) is 0 Å². The molecule has 0 aliphatic carbocycles. The third-order valence-corrected chi connectivity index (χ3v) is 8.04. The topological polar surface area (TPSA) is 127 Å². The van der Waals surface area contributed by atoms with E-state index in [1.807, 2.05) is 66.9 Å². The number of nitrogens with zero attached hydrogens (tertiary/aromatic N) is 5. The van der Waals surface area contributed by atoms with E-state index in [2.05, 4.69) is 60.8 Å². The van der Waals surface area contributed by atoms with Crippen LogP contribution in [0.25, 0.3) is 32.9 Å². The van der Waals surface area contributed by atoms with Gasteiger partial charge in [0.1, 0.15) is 11.6 Å². The van der Waals surface area contributed by atoms with E-state index in [0.29, 0.717) is 5.11 Å². The molecule has 46 heavy (non-hydrogen) atoms. The fourth-order valence-corrected chi connectivity index (χ4v) is 5.61. The first kappa shape index (κ1) is 30.6. The molecule has 0 aliphatic rings. The zero-order valence-electron chi connectivity index (χ0n) is 25.1. The van der Waals surface area contributed by atoms with Crippen molar-refractivity contribution >= 4 is 61.3 Å². The number of anilines is 4. The second kappa shape index (κ2) is 14.5. The number of rotatable bonds is 8. The number of aromatic nitrogens is 5. The van der Waals surface area contributed by atoms with Crippen LogP contribution in [0.4, 0.5) is 22.5 Å². The predicted octanol–water partition coefficient (Wildman–Crippen LogP) is 8.76. The van der Waals surface area contributed by atoms with Crippen LogP contribution in [0.3, 0.4) is 0 Å². The monoisotopic (exact) mass is 646 g/mol. The molecule has 7 rings (SSSR count). The number of thiocarbonyl (C=S) groups is 1. The highest BCUT2D eigenvalue weighted by molar-refractivity contribution is 7.80. The van der Waals surface area contributed by atoms with Crippen molar-refractivity contribution in [3.63, 3.8) is 0 Å². The van der Waals surface area contributed by atoms with Crippen molar-refractivity contribution < 1.29 is 8.83 Å². The number of hydrogen-bond donors (Lipinski definition) is 3. The molecule has 12 heteroatoms. The summed E-state index contributed by atoms with van der Waals surface area (Å²) in [5, 5.41) is 10.8. The molecule has 10 nitrogen and oxygen atoms in total. The first-order valence-corrected chi connectivity index (χ1v) is 15.8. The average Bonchev–Trinajstić information content (AvgIpc) is 3.88. The Morgan fingerprint density at radius 3 is 2.02 bits per heavy atom. The van der Waals surface area contributed by atoms with Gasteiger partial charge in [0.05, 0.1) is 22.6 Å². The highest BCUT2D eigenvalue weighted by atomic mass is 32.1. The van der Waals surface area contributed by atoms with Gasteiger partial charge in [0.25, 0.3) is 0 Å². The highest BCUT2D eigenvalue weighted by Crippen LogP contribution is 2.31. The normalized spacial score (nSPS) is 10.7. The van der Waals surface area contributed by atoms with Crippen molar-refractivity contribution in [1.82, 2.24) is 24.9 Å². The molecule has 2 aromatic carbocycles. The SMILES string of the molecule is CCc1ccnc(NC(=S)Nc2ccc(-c3cnco3)cc2)c1.CCc1ccnc(Nc2nc3ccc(-c4cnco4)cc3s2)c1. The molecule has 3 N–H and O–H groups in total. The lowest BCUT2D eigenvalue weighted by Crippen LogP contribution is -2.19. The number of oxazole rings is 2. The Hall–Kier alpha value is -5.46. The summed E-state index contributed by atoms with van der Waals surface area (Å²) < 4.78 is 11.7. The number of nitrogens with one attached hydrogen (secondary N) is 3. The van der Waals surface area contributed by atoms with Gasteiger partial charge in [-0.15, -0.1) is 0 Å². The standard InChI is InChI=1S/C17H14N4OS.C17H16N4OS/c1-2-11-5-6-19-16(7-11)21-17-20-13-4-3-12(8-15(13)23-17)14-9-18-10-22-14;1-2-12-7-8-19-16(9-12)21-17(23)20-14-5-3-13(4-6-14)15-10-18-11-22-15/h3-10H,2H2,1H3,(H,19,20,21);3-11H,2H2,1H3,(H2,19,20,21,23). The Labute approximate surface area is 275 Å². The lowest BCUT2D eigenvalue weighted by molar-refractivity contribution is 0.571. The Morgan fingerprint density at radius 1 is 0.739 bits per heavy atom. The van der Waals surface area contributed by atoms with E-state index < -0.39 is 0 Å². The van der Waals surface area contributed by atoms with Gasteiger partial charge >= 0.3 is 0 Å². The number of pyridine rings is 2. The maximum Gasteiger partial charge on any atom is 0.189 e. The molecular weight excluding hydrogens is 617 g/mol. The molecule has 0 aliphatic heterocycles. The average molecular weight is 647 g/mol. The molecular formula is C34H30N8O2S2. The Morgan fingerprint density at radius 2 is 1.37 bits per heavy atom. The molecule has 0 radical (unpaired) electrons. The minimum Gasteiger partial charge on any atom is -0.444 e. The lowest BCUT2D eigenvalue weighted by atomic mass is 10.2. The van der Waals surface area contributed by atoms with E-state index in [9.17, 15) is 0 Å². The molecule has 0 saturated heterocycles. The van der Waals surface area contributed by atoms with Gasteiger partial charge in [-0.05, 0) is 103 Å². The minimum absolute atomic E-state index is 0.498. The highest BCUT2D eigenvalue weighted by Gasteiger charge is 2.09. The van der Waals surface area contributed by atoms with Crippen molar-refractivity contribution in [2.45, 2.75) is 26.7 Å². The third-order valence-electron chi connectivity index (χ3n) is 6.91. The molecule has 0 amide bonds. The van der Waals surface area contributed by atoms with Gasteiger partial charge in [-0.1, -0.05) is 25.2 Å². The largest absolute Gasteiger partial charge is 0.444 e. The molecule has 0 spiro atoms. The van der Waals surface area contributed by atoms with E-state index in [0.717, 1.165) is 68.2 Å². The van der Waals surface area contributed by atoms with Crippen LogP contribution in [0.15, 0.2) is 113 Å². The maximum atomic E-state index is 5.34. The van der Waals surface area contributed by atoms with Gasteiger partial charge in [-0.25, -0.2) is 24.9 Å². The first-order chi connectivity index (χ1) is 22.6. The van der Waals surface area contributed by atoms with Crippen molar-refractivity contribution in [1.29, 1.82) is 0 Å². The summed E-state index contributed by atoms with van der Waals surface area (Å²) in [7, 11) is 0. The van der Waals surface area contributed by atoms with Crippen molar-refractivity contribution in [2.75, 3.05) is 16.0 Å². The molecule has 5 aromatic heterocycles. The van der Waals surface area contributed by atoms with Crippen LogP contribution in [0.1, 0.15) is 25.0 Å². The van der Waals surface area contributed by atoms with Crippen LogP contribution < -0.4 is 16.0 Å². The maximum absolute atomic E-state index is 5.34.